The fourth-order valence-corrected chi connectivity index (χ4v) is 3.04. The van der Waals surface area contributed by atoms with Gasteiger partial charge in [0.2, 0.25) is 0 Å². The first kappa shape index (κ1) is 18.4. The number of alkyl carbamates (subject to hydrolysis) is 1. The number of nitrogens with one attached hydrogen (secondary N) is 1. The van der Waals surface area contributed by atoms with Crippen molar-refractivity contribution in [2.24, 2.45) is 5.92 Å². The van der Waals surface area contributed by atoms with Crippen LogP contribution >= 0.6 is 0 Å². The highest BCUT2D eigenvalue weighted by molar-refractivity contribution is 5.93. The Morgan fingerprint density at radius 1 is 1.33 bits per heavy atom. The van der Waals surface area contributed by atoms with Gasteiger partial charge in [-0.15, -0.1) is 0 Å². The minimum Gasteiger partial charge on any atom is -0.430 e. The standard InChI is InChI=1S/C18H23F2NO3/c1-11-7-6-10-18(15(11)22,24-16(23)21-17(2,3)4)12-8-5-9-13(19)14(12)20/h5,8-9,11H,6-7,10H2,1-4H3,(H,21,23)/t11?,18-/m1/s1. The molecule has 1 fully saturated rings. The Balaban J connectivity index is 2.48. The van der Waals surface area contributed by atoms with E-state index in [1.165, 1.54) is 12.1 Å². The Bertz CT molecular complexity index is 654. The van der Waals surface area contributed by atoms with Gasteiger partial charge in [-0.25, -0.2) is 13.6 Å². The number of amides is 1. The van der Waals surface area contributed by atoms with E-state index < -0.39 is 40.6 Å². The molecule has 1 aliphatic carbocycles. The van der Waals surface area contributed by atoms with Gasteiger partial charge in [-0.1, -0.05) is 19.1 Å². The summed E-state index contributed by atoms with van der Waals surface area (Å²) in [6, 6.07) is 3.59. The van der Waals surface area contributed by atoms with Gasteiger partial charge < -0.3 is 10.1 Å². The van der Waals surface area contributed by atoms with Gasteiger partial charge in [0.25, 0.3) is 0 Å². The molecule has 0 aromatic heterocycles. The summed E-state index contributed by atoms with van der Waals surface area (Å²) in [7, 11) is 0. The minimum absolute atomic E-state index is 0.133. The van der Waals surface area contributed by atoms with E-state index in [-0.39, 0.29) is 12.0 Å². The number of carbonyl (C=O) groups excluding carboxylic acids is 2. The average molecular weight is 339 g/mol. The van der Waals surface area contributed by atoms with Crippen molar-refractivity contribution in [1.82, 2.24) is 5.32 Å². The number of hydrogen-bond donors (Lipinski definition) is 1. The summed E-state index contributed by atoms with van der Waals surface area (Å²) in [5.74, 6) is -3.02. The van der Waals surface area contributed by atoms with Crippen LogP contribution in [0.15, 0.2) is 18.2 Å². The van der Waals surface area contributed by atoms with Gasteiger partial charge in [-0.05, 0) is 46.1 Å². The lowest BCUT2D eigenvalue weighted by Gasteiger charge is -2.38. The van der Waals surface area contributed by atoms with Crippen molar-refractivity contribution in [2.45, 2.75) is 58.1 Å². The van der Waals surface area contributed by atoms with Crippen molar-refractivity contribution in [3.63, 3.8) is 0 Å². The molecule has 0 spiro atoms. The van der Waals surface area contributed by atoms with Crippen LogP contribution < -0.4 is 5.32 Å². The molecule has 4 nitrogen and oxygen atoms in total. The highest BCUT2D eigenvalue weighted by Gasteiger charge is 2.50. The molecule has 1 amide bonds. The van der Waals surface area contributed by atoms with Gasteiger partial charge >= 0.3 is 6.09 Å². The molecule has 2 rings (SSSR count). The lowest BCUT2D eigenvalue weighted by molar-refractivity contribution is -0.148. The Kier molecular flexibility index (Phi) is 4.97. The Hall–Kier alpha value is -1.98. The maximum absolute atomic E-state index is 14.4. The molecule has 0 radical (unpaired) electrons. The maximum Gasteiger partial charge on any atom is 0.408 e. The smallest absolute Gasteiger partial charge is 0.408 e. The van der Waals surface area contributed by atoms with Crippen LogP contribution in [0, 0.1) is 17.6 Å². The first-order valence-electron chi connectivity index (χ1n) is 8.07. The van der Waals surface area contributed by atoms with E-state index in [0.29, 0.717) is 12.8 Å². The van der Waals surface area contributed by atoms with Crippen molar-refractivity contribution < 1.29 is 23.1 Å². The van der Waals surface area contributed by atoms with Crippen molar-refractivity contribution in [3.8, 4) is 0 Å². The largest absolute Gasteiger partial charge is 0.430 e. The number of benzene rings is 1. The molecule has 2 atom stereocenters. The van der Waals surface area contributed by atoms with Crippen molar-refractivity contribution in [1.29, 1.82) is 0 Å². The first-order chi connectivity index (χ1) is 11.1. The van der Waals surface area contributed by atoms with Crippen LogP contribution in [0.3, 0.4) is 0 Å². The fraction of sp³-hybridized carbons (Fsp3) is 0.556. The molecular weight excluding hydrogens is 316 g/mol. The number of ketones is 1. The lowest BCUT2D eigenvalue weighted by atomic mass is 9.73. The van der Waals surface area contributed by atoms with E-state index in [1.807, 2.05) is 0 Å². The molecule has 6 heteroatoms. The van der Waals surface area contributed by atoms with Gasteiger partial charge in [-0.3, -0.25) is 4.79 Å². The van der Waals surface area contributed by atoms with Crippen LogP contribution in [0.2, 0.25) is 0 Å². The predicted molar refractivity (Wildman–Crippen MR) is 85.4 cm³/mol. The summed E-state index contributed by atoms with van der Waals surface area (Å²) >= 11 is 0. The van der Waals surface area contributed by atoms with E-state index in [9.17, 15) is 18.4 Å². The number of ether oxygens (including phenoxy) is 1. The highest BCUT2D eigenvalue weighted by atomic mass is 19.2. The second-order valence-corrected chi connectivity index (χ2v) is 7.35. The average Bonchev–Trinajstić information content (AvgIpc) is 2.45. The van der Waals surface area contributed by atoms with E-state index in [4.69, 9.17) is 4.74 Å². The molecule has 24 heavy (non-hydrogen) atoms. The normalized spacial score (nSPS) is 24.6. The van der Waals surface area contributed by atoms with Crippen LogP contribution in [-0.4, -0.2) is 17.4 Å². The topological polar surface area (TPSA) is 55.4 Å². The molecule has 1 aliphatic rings. The second kappa shape index (κ2) is 6.49. The predicted octanol–water partition coefficient (Wildman–Crippen LogP) is 4.07. The molecule has 132 valence electrons. The maximum atomic E-state index is 14.4. The van der Waals surface area contributed by atoms with E-state index >= 15 is 0 Å². The third kappa shape index (κ3) is 3.57. The number of carbonyl (C=O) groups is 2. The number of hydrogen-bond acceptors (Lipinski definition) is 3. The van der Waals surface area contributed by atoms with Crippen LogP contribution in [0.5, 0.6) is 0 Å². The first-order valence-corrected chi connectivity index (χ1v) is 8.07. The van der Waals surface area contributed by atoms with Crippen molar-refractivity contribution in [2.75, 3.05) is 0 Å². The number of halogens is 2. The molecule has 1 N–H and O–H groups in total. The Morgan fingerprint density at radius 3 is 2.62 bits per heavy atom. The zero-order valence-electron chi connectivity index (χ0n) is 14.4. The SMILES string of the molecule is CC1CCC[C@@](OC(=O)NC(C)(C)C)(c2cccc(F)c2F)C1=O. The molecule has 0 saturated heterocycles. The molecule has 0 heterocycles. The third-order valence-corrected chi connectivity index (χ3v) is 4.14. The molecular formula is C18H23F2NO3. The summed E-state index contributed by atoms with van der Waals surface area (Å²) in [4.78, 5) is 25.1. The van der Waals surface area contributed by atoms with Gasteiger partial charge in [0, 0.05) is 17.0 Å². The molecule has 1 aromatic rings. The summed E-state index contributed by atoms with van der Waals surface area (Å²) in [6.07, 6.45) is 0.509. The molecule has 0 bridgehead atoms. The van der Waals surface area contributed by atoms with Crippen molar-refractivity contribution in [3.05, 3.63) is 35.4 Å². The van der Waals surface area contributed by atoms with Crippen LogP contribution in [-0.2, 0) is 15.1 Å². The zero-order valence-corrected chi connectivity index (χ0v) is 14.4. The minimum atomic E-state index is -1.79. The number of Topliss-reactive ketones (excluding diaryl/α,β-unsaturated/α-hetero) is 1. The van der Waals surface area contributed by atoms with Gasteiger partial charge in [0.1, 0.15) is 0 Å². The van der Waals surface area contributed by atoms with Crippen LogP contribution in [0.4, 0.5) is 13.6 Å². The van der Waals surface area contributed by atoms with Gasteiger partial charge in [0.05, 0.1) is 0 Å². The van der Waals surface area contributed by atoms with Crippen LogP contribution in [0.1, 0.15) is 52.5 Å². The van der Waals surface area contributed by atoms with E-state index in [1.54, 1.807) is 27.7 Å². The van der Waals surface area contributed by atoms with Gasteiger partial charge in [0.15, 0.2) is 23.0 Å². The molecule has 1 aromatic carbocycles. The second-order valence-electron chi connectivity index (χ2n) is 7.35. The fourth-order valence-electron chi connectivity index (χ4n) is 3.04. The monoisotopic (exact) mass is 339 g/mol. The molecule has 0 aliphatic heterocycles. The summed E-state index contributed by atoms with van der Waals surface area (Å²) < 4.78 is 33.5. The molecule has 1 saturated carbocycles. The molecule has 1 unspecified atom stereocenters. The van der Waals surface area contributed by atoms with E-state index in [2.05, 4.69) is 5.32 Å². The summed E-state index contributed by atoms with van der Waals surface area (Å²) in [5.41, 5.74) is -2.59. The quantitative estimate of drug-likeness (QED) is 0.883. The summed E-state index contributed by atoms with van der Waals surface area (Å²) in [6.45, 7) is 6.98. The lowest BCUT2D eigenvalue weighted by Crippen LogP contribution is -2.51. The zero-order chi connectivity index (χ0) is 18.1. The van der Waals surface area contributed by atoms with Crippen LogP contribution in [0.25, 0.3) is 0 Å². The van der Waals surface area contributed by atoms with E-state index in [0.717, 1.165) is 6.07 Å². The third-order valence-electron chi connectivity index (χ3n) is 4.14. The summed E-state index contributed by atoms with van der Waals surface area (Å²) in [5, 5.41) is 2.60. The number of rotatable bonds is 2. The van der Waals surface area contributed by atoms with Gasteiger partial charge in [-0.2, -0.15) is 0 Å². The Labute approximate surface area is 140 Å². The Morgan fingerprint density at radius 2 is 2.00 bits per heavy atom. The highest BCUT2D eigenvalue weighted by Crippen LogP contribution is 2.41. The van der Waals surface area contributed by atoms with Crippen molar-refractivity contribution >= 4 is 11.9 Å².